The van der Waals surface area contributed by atoms with E-state index in [0.29, 0.717) is 18.8 Å². The predicted octanol–water partition coefficient (Wildman–Crippen LogP) is 2.46. The fraction of sp³-hybridized carbons (Fsp3) is 0.579. The Morgan fingerprint density at radius 2 is 1.77 bits per heavy atom. The van der Waals surface area contributed by atoms with Crippen molar-refractivity contribution < 1.29 is 14.0 Å². The third-order valence-electron chi connectivity index (χ3n) is 5.31. The van der Waals surface area contributed by atoms with Crippen molar-refractivity contribution in [2.45, 2.75) is 50.6 Å². The van der Waals surface area contributed by atoms with Crippen molar-refractivity contribution in [3.05, 3.63) is 30.1 Å². The van der Waals surface area contributed by atoms with E-state index in [9.17, 15) is 14.0 Å². The molecule has 1 aliphatic heterocycles. The summed E-state index contributed by atoms with van der Waals surface area (Å²) in [7, 11) is 0. The summed E-state index contributed by atoms with van der Waals surface area (Å²) in [4.78, 5) is 26.6. The molecule has 2 unspecified atom stereocenters. The first-order valence-corrected chi connectivity index (χ1v) is 9.38. The molecule has 6 nitrogen and oxygen atoms in total. The Balaban J connectivity index is 1.42. The lowest BCUT2D eigenvalue weighted by Crippen LogP contribution is -2.49. The number of carbonyl (C=O) groups excluding carboxylic acids is 2. The number of nitrogens with one attached hydrogen (secondary N) is 2. The molecule has 1 aromatic rings. The van der Waals surface area contributed by atoms with Crippen LogP contribution in [-0.2, 0) is 4.79 Å². The Morgan fingerprint density at radius 1 is 1.08 bits per heavy atom. The summed E-state index contributed by atoms with van der Waals surface area (Å²) in [6.45, 7) is 1.32. The summed E-state index contributed by atoms with van der Waals surface area (Å²) < 4.78 is 12.9. The molecule has 1 heterocycles. The molecule has 2 aliphatic rings. The van der Waals surface area contributed by atoms with E-state index in [-0.39, 0.29) is 35.8 Å². The van der Waals surface area contributed by atoms with E-state index in [1.165, 1.54) is 24.3 Å². The quantitative estimate of drug-likeness (QED) is 0.772. The molecule has 0 aromatic heterocycles. The second-order valence-electron chi connectivity index (χ2n) is 7.33. The van der Waals surface area contributed by atoms with Gasteiger partial charge in [0.15, 0.2) is 0 Å². The van der Waals surface area contributed by atoms with Gasteiger partial charge in [-0.1, -0.05) is 6.42 Å². The molecular weight excluding hydrogens is 335 g/mol. The number of anilines is 1. The Bertz CT molecular complexity index is 629. The van der Waals surface area contributed by atoms with Crippen LogP contribution in [0.5, 0.6) is 0 Å². The third kappa shape index (κ3) is 4.94. The fourth-order valence-corrected chi connectivity index (χ4v) is 3.84. The molecule has 2 atom stereocenters. The highest BCUT2D eigenvalue weighted by Crippen LogP contribution is 2.26. The summed E-state index contributed by atoms with van der Waals surface area (Å²) in [5.41, 5.74) is 6.54. The molecule has 142 valence electrons. The van der Waals surface area contributed by atoms with Gasteiger partial charge >= 0.3 is 6.03 Å². The first-order valence-electron chi connectivity index (χ1n) is 9.38. The first-order chi connectivity index (χ1) is 12.5. The minimum Gasteiger partial charge on any atom is -0.342 e. The van der Waals surface area contributed by atoms with Crippen LogP contribution in [0.2, 0.25) is 0 Å². The van der Waals surface area contributed by atoms with Gasteiger partial charge in [-0.2, -0.15) is 0 Å². The molecule has 1 aromatic carbocycles. The monoisotopic (exact) mass is 362 g/mol. The summed E-state index contributed by atoms with van der Waals surface area (Å²) >= 11 is 0. The average molecular weight is 362 g/mol. The van der Waals surface area contributed by atoms with Crippen LogP contribution in [0.25, 0.3) is 0 Å². The van der Waals surface area contributed by atoms with E-state index < -0.39 is 0 Å². The highest BCUT2D eigenvalue weighted by atomic mass is 19.1. The van der Waals surface area contributed by atoms with Crippen LogP contribution < -0.4 is 16.4 Å². The Morgan fingerprint density at radius 3 is 2.42 bits per heavy atom. The lowest BCUT2D eigenvalue weighted by Gasteiger charge is -2.36. The van der Waals surface area contributed by atoms with Gasteiger partial charge in [0, 0.05) is 36.8 Å². The van der Waals surface area contributed by atoms with Crippen molar-refractivity contribution >= 4 is 17.6 Å². The number of halogens is 1. The second kappa shape index (κ2) is 8.49. The normalized spacial score (nSPS) is 24.2. The number of urea groups is 1. The highest BCUT2D eigenvalue weighted by molar-refractivity contribution is 5.89. The molecule has 1 saturated carbocycles. The Kier molecular flexibility index (Phi) is 6.08. The lowest BCUT2D eigenvalue weighted by atomic mass is 9.85. The minimum absolute atomic E-state index is 0.0353. The maximum atomic E-state index is 12.9. The average Bonchev–Trinajstić information content (AvgIpc) is 2.64. The number of likely N-dealkylation sites (tertiary alicyclic amines) is 1. The second-order valence-corrected chi connectivity index (χ2v) is 7.33. The van der Waals surface area contributed by atoms with E-state index in [0.717, 1.165) is 38.5 Å². The van der Waals surface area contributed by atoms with Gasteiger partial charge in [-0.15, -0.1) is 0 Å². The first kappa shape index (κ1) is 18.6. The zero-order valence-electron chi connectivity index (χ0n) is 14.9. The highest BCUT2D eigenvalue weighted by Gasteiger charge is 2.31. The number of rotatable bonds is 3. The molecule has 7 heteroatoms. The van der Waals surface area contributed by atoms with E-state index in [4.69, 9.17) is 5.73 Å². The molecule has 4 N–H and O–H groups in total. The number of hydrogen-bond donors (Lipinski definition) is 3. The number of nitrogens with two attached hydrogens (primary N) is 1. The number of hydrogen-bond acceptors (Lipinski definition) is 3. The van der Waals surface area contributed by atoms with Crippen LogP contribution in [-0.4, -0.2) is 42.0 Å². The van der Waals surface area contributed by atoms with Crippen molar-refractivity contribution in [1.82, 2.24) is 10.2 Å². The van der Waals surface area contributed by atoms with E-state index in [1.54, 1.807) is 0 Å². The number of carbonyl (C=O) groups is 2. The maximum Gasteiger partial charge on any atom is 0.319 e. The van der Waals surface area contributed by atoms with E-state index in [1.807, 2.05) is 4.90 Å². The van der Waals surface area contributed by atoms with Gasteiger partial charge in [0.25, 0.3) is 0 Å². The molecule has 3 rings (SSSR count). The summed E-state index contributed by atoms with van der Waals surface area (Å²) in [5.74, 6) is -0.0636. The van der Waals surface area contributed by atoms with Gasteiger partial charge in [-0.05, 0) is 56.4 Å². The van der Waals surface area contributed by atoms with Gasteiger partial charge in [-0.25, -0.2) is 9.18 Å². The van der Waals surface area contributed by atoms with Crippen LogP contribution in [0.1, 0.15) is 38.5 Å². The zero-order chi connectivity index (χ0) is 18.5. The number of benzene rings is 1. The fourth-order valence-electron chi connectivity index (χ4n) is 3.84. The van der Waals surface area contributed by atoms with Crippen LogP contribution in [0.3, 0.4) is 0 Å². The maximum absolute atomic E-state index is 12.9. The summed E-state index contributed by atoms with van der Waals surface area (Å²) in [5, 5.41) is 5.62. The lowest BCUT2D eigenvalue weighted by molar-refractivity contribution is -0.137. The van der Waals surface area contributed by atoms with Crippen LogP contribution in [0, 0.1) is 11.7 Å². The van der Waals surface area contributed by atoms with Gasteiger partial charge in [0.2, 0.25) is 5.91 Å². The molecule has 2 fully saturated rings. The minimum atomic E-state index is -0.341. The van der Waals surface area contributed by atoms with Crippen LogP contribution >= 0.6 is 0 Å². The van der Waals surface area contributed by atoms with Crippen LogP contribution in [0.15, 0.2) is 24.3 Å². The third-order valence-corrected chi connectivity index (χ3v) is 5.31. The van der Waals surface area contributed by atoms with Crippen molar-refractivity contribution in [1.29, 1.82) is 0 Å². The van der Waals surface area contributed by atoms with Crippen molar-refractivity contribution in [3.8, 4) is 0 Å². The Hall–Kier alpha value is -2.15. The molecule has 0 spiro atoms. The number of piperidine rings is 1. The number of nitrogens with zero attached hydrogens (tertiary/aromatic N) is 1. The van der Waals surface area contributed by atoms with Crippen molar-refractivity contribution in [3.63, 3.8) is 0 Å². The van der Waals surface area contributed by atoms with E-state index in [2.05, 4.69) is 10.6 Å². The molecule has 1 aliphatic carbocycles. The van der Waals surface area contributed by atoms with Gasteiger partial charge in [-0.3, -0.25) is 4.79 Å². The molecular formula is C19H27FN4O2. The van der Waals surface area contributed by atoms with Crippen molar-refractivity contribution in [2.24, 2.45) is 11.7 Å². The predicted molar refractivity (Wildman–Crippen MR) is 98.1 cm³/mol. The molecule has 26 heavy (non-hydrogen) atoms. The molecule has 0 radical (unpaired) electrons. The largest absolute Gasteiger partial charge is 0.342 e. The van der Waals surface area contributed by atoms with E-state index >= 15 is 0 Å². The van der Waals surface area contributed by atoms with Gasteiger partial charge < -0.3 is 21.3 Å². The Labute approximate surface area is 153 Å². The molecule has 0 bridgehead atoms. The molecule has 1 saturated heterocycles. The summed E-state index contributed by atoms with van der Waals surface area (Å²) in [6.07, 6.45) is 5.24. The smallest absolute Gasteiger partial charge is 0.319 e. The van der Waals surface area contributed by atoms with Crippen LogP contribution in [0.4, 0.5) is 14.9 Å². The zero-order valence-corrected chi connectivity index (χ0v) is 14.9. The van der Waals surface area contributed by atoms with Gasteiger partial charge in [0.1, 0.15) is 5.82 Å². The topological polar surface area (TPSA) is 87.5 Å². The van der Waals surface area contributed by atoms with Gasteiger partial charge in [0.05, 0.1) is 0 Å². The number of amides is 3. The van der Waals surface area contributed by atoms with Crippen molar-refractivity contribution in [2.75, 3.05) is 18.4 Å². The summed E-state index contributed by atoms with van der Waals surface area (Å²) in [6, 6.07) is 5.52. The standard InChI is InChI=1S/C19H27FN4O2/c20-14-4-6-16(7-5-14)22-19(26)23-17-8-10-24(11-9-17)18(25)13-2-1-3-15(21)12-13/h4-7,13,15,17H,1-3,8-12,21H2,(H2,22,23,26). The molecule has 3 amide bonds. The SMILES string of the molecule is NC1CCCC(C(=O)N2CCC(NC(=O)Nc3ccc(F)cc3)CC2)C1.